The maximum absolute atomic E-state index is 10.9. The first-order chi connectivity index (χ1) is 8.77. The first kappa shape index (κ1) is 12.3. The van der Waals surface area contributed by atoms with E-state index >= 15 is 0 Å². The highest BCUT2D eigenvalue weighted by Crippen LogP contribution is 2.02. The van der Waals surface area contributed by atoms with Crippen LogP contribution in [0.1, 0.15) is 22.5 Å². The third kappa shape index (κ3) is 3.17. The van der Waals surface area contributed by atoms with Crippen LogP contribution in [0.15, 0.2) is 54.7 Å². The van der Waals surface area contributed by atoms with Crippen LogP contribution >= 0.6 is 0 Å². The summed E-state index contributed by atoms with van der Waals surface area (Å²) in [7, 11) is 0. The number of carbonyl (C=O) groups excluding carboxylic acids is 1. The zero-order valence-corrected chi connectivity index (χ0v) is 10.1. The van der Waals surface area contributed by atoms with E-state index in [4.69, 9.17) is 0 Å². The van der Waals surface area contributed by atoms with Crippen molar-refractivity contribution in [1.82, 2.24) is 0 Å². The first-order valence-corrected chi connectivity index (χ1v) is 6.01. The second kappa shape index (κ2) is 5.96. The van der Waals surface area contributed by atoms with E-state index in [0.717, 1.165) is 12.8 Å². The molecule has 0 saturated carbocycles. The van der Waals surface area contributed by atoms with Crippen LogP contribution in [-0.4, -0.2) is 5.97 Å². The molecule has 3 heteroatoms. The highest BCUT2D eigenvalue weighted by Gasteiger charge is 2.09. The molecule has 0 aliphatic carbocycles. The van der Waals surface area contributed by atoms with E-state index < -0.39 is 5.97 Å². The molecule has 2 aromatic rings. The molecule has 0 saturated heterocycles. The Kier molecular flexibility index (Phi) is 4.07. The summed E-state index contributed by atoms with van der Waals surface area (Å²) in [4.78, 5) is 10.9. The second-order valence-electron chi connectivity index (χ2n) is 4.16. The molecule has 0 N–H and O–H groups in total. The number of aromatic nitrogens is 1. The van der Waals surface area contributed by atoms with Gasteiger partial charge in [0.1, 0.15) is 12.5 Å². The number of aryl methyl sites for hydroxylation is 2. The van der Waals surface area contributed by atoms with Gasteiger partial charge in [0.15, 0.2) is 6.20 Å². The Balaban J connectivity index is 1.97. The minimum atomic E-state index is -1.13. The van der Waals surface area contributed by atoms with Gasteiger partial charge in [-0.3, -0.25) is 0 Å². The van der Waals surface area contributed by atoms with Crippen molar-refractivity contribution in [1.29, 1.82) is 0 Å². The summed E-state index contributed by atoms with van der Waals surface area (Å²) in [6.07, 6.45) is 3.62. The molecular weight excluding hydrogens is 226 g/mol. The van der Waals surface area contributed by atoms with Gasteiger partial charge in [-0.1, -0.05) is 30.3 Å². The molecule has 0 amide bonds. The average molecular weight is 241 g/mol. The van der Waals surface area contributed by atoms with Gasteiger partial charge in [0.25, 0.3) is 0 Å². The Bertz CT molecular complexity index is 523. The maximum Gasteiger partial charge on any atom is 0.228 e. The third-order valence-corrected chi connectivity index (χ3v) is 2.86. The monoisotopic (exact) mass is 241 g/mol. The lowest BCUT2D eigenvalue weighted by Gasteiger charge is -2.04. The van der Waals surface area contributed by atoms with E-state index in [2.05, 4.69) is 12.1 Å². The number of rotatable bonds is 5. The molecule has 1 aromatic heterocycles. The molecule has 2 rings (SSSR count). The molecule has 0 fully saturated rings. The van der Waals surface area contributed by atoms with E-state index in [1.165, 1.54) is 5.56 Å². The Morgan fingerprint density at radius 3 is 2.50 bits per heavy atom. The van der Waals surface area contributed by atoms with Gasteiger partial charge in [0, 0.05) is 18.6 Å². The van der Waals surface area contributed by atoms with Crippen molar-refractivity contribution in [2.45, 2.75) is 19.4 Å². The number of hydrogen-bond donors (Lipinski definition) is 0. The number of hydrogen-bond acceptors (Lipinski definition) is 2. The molecule has 0 aliphatic rings. The van der Waals surface area contributed by atoms with Gasteiger partial charge >= 0.3 is 0 Å². The molecule has 92 valence electrons. The number of aromatic carboxylic acids is 1. The maximum atomic E-state index is 10.9. The number of benzene rings is 1. The Morgan fingerprint density at radius 1 is 1.06 bits per heavy atom. The van der Waals surface area contributed by atoms with E-state index in [1.807, 2.05) is 24.3 Å². The number of carboxylic acids is 1. The Labute approximate surface area is 106 Å². The van der Waals surface area contributed by atoms with Crippen molar-refractivity contribution >= 4 is 5.97 Å². The van der Waals surface area contributed by atoms with Crippen molar-refractivity contribution < 1.29 is 14.5 Å². The van der Waals surface area contributed by atoms with Crippen LogP contribution in [0.3, 0.4) is 0 Å². The van der Waals surface area contributed by atoms with Gasteiger partial charge < -0.3 is 9.90 Å². The summed E-state index contributed by atoms with van der Waals surface area (Å²) >= 11 is 0. The molecule has 0 spiro atoms. The lowest BCUT2D eigenvalue weighted by molar-refractivity contribution is -0.701. The zero-order valence-electron chi connectivity index (χ0n) is 10.1. The third-order valence-electron chi connectivity index (χ3n) is 2.86. The molecule has 0 bridgehead atoms. The van der Waals surface area contributed by atoms with Crippen molar-refractivity contribution in [3.05, 3.63) is 66.0 Å². The summed E-state index contributed by atoms with van der Waals surface area (Å²) in [5.41, 5.74) is 1.49. The van der Waals surface area contributed by atoms with Crippen molar-refractivity contribution in [2.75, 3.05) is 0 Å². The van der Waals surface area contributed by atoms with Gasteiger partial charge in [-0.25, -0.2) is 0 Å². The van der Waals surface area contributed by atoms with Crippen molar-refractivity contribution in [2.24, 2.45) is 0 Å². The lowest BCUT2D eigenvalue weighted by Crippen LogP contribution is -2.44. The summed E-state index contributed by atoms with van der Waals surface area (Å²) in [6.45, 7) is 0.680. The molecule has 0 radical (unpaired) electrons. The predicted molar refractivity (Wildman–Crippen MR) is 65.7 cm³/mol. The summed E-state index contributed by atoms with van der Waals surface area (Å²) in [6, 6.07) is 15.3. The predicted octanol–water partition coefficient (Wildman–Crippen LogP) is 0.970. The van der Waals surface area contributed by atoms with Gasteiger partial charge in [-0.2, -0.15) is 4.57 Å². The average Bonchev–Trinajstić information content (AvgIpc) is 2.40. The topological polar surface area (TPSA) is 44.0 Å². The zero-order chi connectivity index (χ0) is 12.8. The smallest absolute Gasteiger partial charge is 0.228 e. The molecule has 0 atom stereocenters. The molecule has 0 unspecified atom stereocenters. The lowest BCUT2D eigenvalue weighted by atomic mass is 10.1. The molecular formula is C15H15NO2. The Morgan fingerprint density at radius 2 is 1.78 bits per heavy atom. The molecule has 1 heterocycles. The van der Waals surface area contributed by atoms with Gasteiger partial charge in [-0.15, -0.1) is 0 Å². The second-order valence-corrected chi connectivity index (χ2v) is 4.16. The number of pyridine rings is 1. The quantitative estimate of drug-likeness (QED) is 0.732. The summed E-state index contributed by atoms with van der Waals surface area (Å²) in [5, 5.41) is 10.9. The van der Waals surface area contributed by atoms with Gasteiger partial charge in [0.2, 0.25) is 5.69 Å². The van der Waals surface area contributed by atoms with Crippen LogP contribution in [0.2, 0.25) is 0 Å². The minimum Gasteiger partial charge on any atom is -0.539 e. The van der Waals surface area contributed by atoms with E-state index in [1.54, 1.807) is 22.9 Å². The molecule has 0 aliphatic heterocycles. The molecule has 1 aromatic carbocycles. The van der Waals surface area contributed by atoms with Crippen LogP contribution in [0.4, 0.5) is 0 Å². The SMILES string of the molecule is O=C([O-])c1cccc[n+]1CCCc1ccccc1. The van der Waals surface area contributed by atoms with Crippen LogP contribution in [0, 0.1) is 0 Å². The van der Waals surface area contributed by atoms with E-state index in [-0.39, 0.29) is 5.69 Å². The number of nitrogens with zero attached hydrogens (tertiary/aromatic N) is 1. The Hall–Kier alpha value is -2.16. The van der Waals surface area contributed by atoms with Crippen LogP contribution in [0.25, 0.3) is 0 Å². The fraction of sp³-hybridized carbons (Fsp3) is 0.200. The molecule has 3 nitrogen and oxygen atoms in total. The fourth-order valence-corrected chi connectivity index (χ4v) is 1.95. The molecule has 18 heavy (non-hydrogen) atoms. The van der Waals surface area contributed by atoms with Gasteiger partial charge in [0.05, 0.1) is 0 Å². The van der Waals surface area contributed by atoms with Crippen molar-refractivity contribution in [3.8, 4) is 0 Å². The summed E-state index contributed by atoms with van der Waals surface area (Å²) < 4.78 is 1.72. The number of carboxylic acid groups (broad SMARTS) is 1. The van der Waals surface area contributed by atoms with E-state index in [0.29, 0.717) is 6.54 Å². The van der Waals surface area contributed by atoms with Crippen LogP contribution in [0.5, 0.6) is 0 Å². The number of carbonyl (C=O) groups is 1. The largest absolute Gasteiger partial charge is 0.539 e. The normalized spacial score (nSPS) is 10.2. The van der Waals surface area contributed by atoms with Gasteiger partial charge in [-0.05, 0) is 18.1 Å². The highest BCUT2D eigenvalue weighted by molar-refractivity contribution is 5.81. The standard InChI is InChI=1S/C15H15NO2/c17-15(18)14-10-4-5-11-16(14)12-6-9-13-7-2-1-3-8-13/h1-5,7-8,10-11H,6,9,12H2. The first-order valence-electron chi connectivity index (χ1n) is 6.01. The summed E-state index contributed by atoms with van der Waals surface area (Å²) in [5.74, 6) is -1.13. The highest BCUT2D eigenvalue weighted by atomic mass is 16.4. The van der Waals surface area contributed by atoms with Crippen LogP contribution in [-0.2, 0) is 13.0 Å². The fourth-order valence-electron chi connectivity index (χ4n) is 1.95. The minimum absolute atomic E-state index is 0.227. The van der Waals surface area contributed by atoms with Crippen LogP contribution < -0.4 is 9.67 Å². The van der Waals surface area contributed by atoms with E-state index in [9.17, 15) is 9.90 Å². The van der Waals surface area contributed by atoms with Crippen molar-refractivity contribution in [3.63, 3.8) is 0 Å².